The van der Waals surface area contributed by atoms with Gasteiger partial charge in [-0.2, -0.15) is 0 Å². The predicted molar refractivity (Wildman–Crippen MR) is 131 cm³/mol. The number of hydrogen-bond donors (Lipinski definition) is 0. The zero-order chi connectivity index (χ0) is 21.0. The lowest BCUT2D eigenvalue weighted by Crippen LogP contribution is -2.34. The fraction of sp³-hybridized carbons (Fsp3) is 0.0345. The molecule has 1 spiro atoms. The molecule has 6 rings (SSSR count). The van der Waals surface area contributed by atoms with Crippen molar-refractivity contribution in [3.05, 3.63) is 138 Å². The van der Waals surface area contributed by atoms with E-state index in [0.29, 0.717) is 0 Å². The van der Waals surface area contributed by atoms with E-state index in [2.05, 4.69) is 105 Å². The van der Waals surface area contributed by atoms with Crippen LogP contribution >= 0.6 is 0 Å². The van der Waals surface area contributed by atoms with Gasteiger partial charge in [0.25, 0.3) is 0 Å². The second-order valence-corrected chi connectivity index (χ2v) is 8.09. The molecule has 31 heavy (non-hydrogen) atoms. The van der Waals surface area contributed by atoms with Gasteiger partial charge in [-0.05, 0) is 45.2 Å². The van der Waals surface area contributed by atoms with Gasteiger partial charge >= 0.3 is 0 Å². The van der Waals surface area contributed by atoms with Gasteiger partial charge in [-0.1, -0.05) is 91.5 Å². The molecule has 1 aliphatic heterocycles. The highest BCUT2D eigenvalue weighted by Crippen LogP contribution is 2.62. The largest absolute Gasteiger partial charge is 0.457 e. The van der Waals surface area contributed by atoms with Gasteiger partial charge in [0.2, 0.25) is 0 Å². The number of hydrogen-bond acceptors (Lipinski definition) is 1. The molecule has 1 heterocycles. The normalized spacial score (nSPS) is 18.7. The Morgan fingerprint density at radius 2 is 1.52 bits per heavy atom. The van der Waals surface area contributed by atoms with Crippen molar-refractivity contribution in [3.63, 3.8) is 0 Å². The molecule has 1 aliphatic carbocycles. The molecule has 0 aromatic heterocycles. The molecule has 0 bridgehead atoms. The van der Waals surface area contributed by atoms with Crippen LogP contribution in [0.25, 0.3) is 21.9 Å². The molecule has 4 aromatic carbocycles. The molecule has 1 nitrogen and oxygen atoms in total. The van der Waals surface area contributed by atoms with E-state index in [-0.39, 0.29) is 0 Å². The summed E-state index contributed by atoms with van der Waals surface area (Å²) in [7, 11) is 2.06. The number of para-hydroxylation sites is 1. The third-order valence-corrected chi connectivity index (χ3v) is 6.62. The molecule has 146 valence electrons. The second-order valence-electron chi connectivity index (χ2n) is 8.09. The standard InChI is InChI=1S/C29H21BO/c1-2-26-25(17-18-30)29(24-13-7-8-14-27(24)31-26)23-12-6-5-11-21(23)22-16-15-19-9-3-4-10-20(19)28(22)29/h2-18H,1,30H2/b18-17-. The lowest BCUT2D eigenvalue weighted by atomic mass is 9.64. The van der Waals surface area contributed by atoms with Crippen LogP contribution in [0.5, 0.6) is 5.75 Å². The Morgan fingerprint density at radius 3 is 2.35 bits per heavy atom. The van der Waals surface area contributed by atoms with E-state index in [1.807, 2.05) is 12.1 Å². The molecule has 4 aromatic rings. The first-order valence-corrected chi connectivity index (χ1v) is 10.7. The highest BCUT2D eigenvalue weighted by molar-refractivity contribution is 6.17. The maximum Gasteiger partial charge on any atom is 0.132 e. The van der Waals surface area contributed by atoms with Crippen LogP contribution in [0, 0.1) is 0 Å². The van der Waals surface area contributed by atoms with Gasteiger partial charge in [-0.15, -0.1) is 5.98 Å². The van der Waals surface area contributed by atoms with E-state index in [1.54, 1.807) is 0 Å². The van der Waals surface area contributed by atoms with E-state index >= 15 is 0 Å². The molecule has 0 N–H and O–H groups in total. The monoisotopic (exact) mass is 396 g/mol. The van der Waals surface area contributed by atoms with Crippen molar-refractivity contribution in [1.82, 2.24) is 0 Å². The van der Waals surface area contributed by atoms with E-state index in [4.69, 9.17) is 4.74 Å². The average Bonchev–Trinajstić information content (AvgIpc) is 3.12. The molecule has 0 saturated heterocycles. The lowest BCUT2D eigenvalue weighted by Gasteiger charge is -2.40. The van der Waals surface area contributed by atoms with Crippen molar-refractivity contribution in [2.75, 3.05) is 0 Å². The van der Waals surface area contributed by atoms with Crippen LogP contribution in [0.4, 0.5) is 0 Å². The quantitative estimate of drug-likeness (QED) is 0.370. The minimum absolute atomic E-state index is 0.461. The zero-order valence-electron chi connectivity index (χ0n) is 17.4. The summed E-state index contributed by atoms with van der Waals surface area (Å²) in [6.07, 6.45) is 4.04. The van der Waals surface area contributed by atoms with Gasteiger partial charge in [0, 0.05) is 11.1 Å². The molecular weight excluding hydrogens is 375 g/mol. The van der Waals surface area contributed by atoms with Crippen molar-refractivity contribution in [2.45, 2.75) is 5.41 Å². The smallest absolute Gasteiger partial charge is 0.132 e. The summed E-state index contributed by atoms with van der Waals surface area (Å²) in [6, 6.07) is 30.5. The number of allylic oxidation sites excluding steroid dienone is 3. The summed E-state index contributed by atoms with van der Waals surface area (Å²) in [5.74, 6) is 3.80. The maximum atomic E-state index is 6.39. The topological polar surface area (TPSA) is 9.23 Å². The molecular formula is C29H21BO. The Labute approximate surface area is 183 Å². The van der Waals surface area contributed by atoms with Crippen molar-refractivity contribution in [1.29, 1.82) is 0 Å². The summed E-state index contributed by atoms with van der Waals surface area (Å²) >= 11 is 0. The van der Waals surface area contributed by atoms with Gasteiger partial charge in [0.15, 0.2) is 0 Å². The Morgan fingerprint density at radius 1 is 0.774 bits per heavy atom. The Hall–Kier alpha value is -3.78. The molecule has 0 amide bonds. The highest BCUT2D eigenvalue weighted by Gasteiger charge is 2.51. The summed E-state index contributed by atoms with van der Waals surface area (Å²) in [5, 5.41) is 2.52. The molecule has 0 radical (unpaired) electrons. The Bertz CT molecular complexity index is 1440. The van der Waals surface area contributed by atoms with Crippen molar-refractivity contribution < 1.29 is 4.74 Å². The first-order valence-electron chi connectivity index (χ1n) is 10.7. The minimum atomic E-state index is -0.461. The second kappa shape index (κ2) is 6.62. The first-order chi connectivity index (χ1) is 15.3. The number of rotatable bonds is 2. The molecule has 2 heteroatoms. The van der Waals surface area contributed by atoms with Crippen LogP contribution in [0.1, 0.15) is 16.7 Å². The Kier molecular flexibility index (Phi) is 3.85. The summed E-state index contributed by atoms with van der Waals surface area (Å²) < 4.78 is 6.39. The Balaban J connectivity index is 1.91. The fourth-order valence-corrected chi connectivity index (χ4v) is 5.53. The fourth-order valence-electron chi connectivity index (χ4n) is 5.53. The first kappa shape index (κ1) is 18.0. The van der Waals surface area contributed by atoms with E-state index in [9.17, 15) is 0 Å². The third kappa shape index (κ3) is 2.22. The molecule has 0 saturated carbocycles. The molecule has 1 unspecified atom stereocenters. The number of ether oxygens (including phenoxy) is 1. The average molecular weight is 396 g/mol. The summed E-state index contributed by atoms with van der Waals surface area (Å²) in [6.45, 7) is 4.10. The van der Waals surface area contributed by atoms with Gasteiger partial charge in [-0.25, -0.2) is 0 Å². The zero-order valence-corrected chi connectivity index (χ0v) is 17.4. The van der Waals surface area contributed by atoms with E-state index < -0.39 is 5.41 Å². The van der Waals surface area contributed by atoms with Crippen molar-refractivity contribution in [3.8, 4) is 16.9 Å². The van der Waals surface area contributed by atoms with Crippen LogP contribution < -0.4 is 4.74 Å². The molecule has 0 fully saturated rings. The van der Waals surface area contributed by atoms with Crippen LogP contribution in [-0.4, -0.2) is 7.85 Å². The van der Waals surface area contributed by atoms with Gasteiger partial charge in [0.1, 0.15) is 19.4 Å². The predicted octanol–water partition coefficient (Wildman–Crippen LogP) is 6.13. The van der Waals surface area contributed by atoms with Crippen LogP contribution in [-0.2, 0) is 5.41 Å². The highest BCUT2D eigenvalue weighted by atomic mass is 16.5. The van der Waals surface area contributed by atoms with Gasteiger partial charge in [0.05, 0.1) is 5.41 Å². The molecule has 1 atom stereocenters. The van der Waals surface area contributed by atoms with Crippen LogP contribution in [0.15, 0.2) is 121 Å². The minimum Gasteiger partial charge on any atom is -0.457 e. The summed E-state index contributed by atoms with van der Waals surface area (Å²) in [5.41, 5.74) is 7.04. The molecule has 2 aliphatic rings. The van der Waals surface area contributed by atoms with Crippen LogP contribution in [0.2, 0.25) is 0 Å². The van der Waals surface area contributed by atoms with Crippen molar-refractivity contribution in [2.24, 2.45) is 0 Å². The lowest BCUT2D eigenvalue weighted by molar-refractivity contribution is 0.403. The SMILES string of the molecule is B/C=C\C1=C(C=C)Oc2ccccc2C12c1ccccc1-c1ccc3ccccc3c12. The van der Waals surface area contributed by atoms with Gasteiger partial charge < -0.3 is 4.74 Å². The third-order valence-electron chi connectivity index (χ3n) is 6.62. The summed E-state index contributed by atoms with van der Waals surface area (Å²) in [4.78, 5) is 0. The van der Waals surface area contributed by atoms with E-state index in [1.165, 1.54) is 38.6 Å². The van der Waals surface area contributed by atoms with E-state index in [0.717, 1.165) is 17.1 Å². The van der Waals surface area contributed by atoms with Crippen molar-refractivity contribution >= 4 is 18.6 Å². The van der Waals surface area contributed by atoms with Crippen LogP contribution in [0.3, 0.4) is 0 Å². The number of fused-ring (bicyclic) bond motifs is 9. The maximum absolute atomic E-state index is 6.39. The van der Waals surface area contributed by atoms with Gasteiger partial charge in [-0.3, -0.25) is 0 Å². The number of benzene rings is 4.